The summed E-state index contributed by atoms with van der Waals surface area (Å²) in [5.41, 5.74) is 6.58. The highest BCUT2D eigenvalue weighted by atomic mass is 32.2. The number of amides is 1. The van der Waals surface area contributed by atoms with Gasteiger partial charge in [0.2, 0.25) is 5.91 Å². The number of anilines is 1. The molecule has 2 aromatic carbocycles. The number of aryl methyl sites for hydroxylation is 1. The summed E-state index contributed by atoms with van der Waals surface area (Å²) in [6.45, 7) is 0. The maximum atomic E-state index is 14.6. The number of sulfone groups is 1. The molecule has 10 nitrogen and oxygen atoms in total. The third-order valence-electron chi connectivity index (χ3n) is 8.25. The predicted octanol–water partition coefficient (Wildman–Crippen LogP) is 6.09. The van der Waals surface area contributed by atoms with Gasteiger partial charge >= 0.3 is 0 Å². The Bertz CT molecular complexity index is 2190. The van der Waals surface area contributed by atoms with E-state index in [0.29, 0.717) is 45.1 Å². The van der Waals surface area contributed by atoms with Crippen molar-refractivity contribution in [1.29, 1.82) is 0 Å². The van der Waals surface area contributed by atoms with E-state index in [9.17, 15) is 17.6 Å². The van der Waals surface area contributed by atoms with Crippen molar-refractivity contribution in [2.45, 2.75) is 32.1 Å². The predicted molar refractivity (Wildman–Crippen MR) is 172 cm³/mol. The van der Waals surface area contributed by atoms with Gasteiger partial charge in [-0.1, -0.05) is 18.9 Å². The van der Waals surface area contributed by atoms with Crippen LogP contribution in [0.3, 0.4) is 0 Å². The Hall–Kier alpha value is -4.97. The molecule has 1 saturated carbocycles. The van der Waals surface area contributed by atoms with Gasteiger partial charge in [0, 0.05) is 41.1 Å². The number of H-pyrrole nitrogens is 2. The van der Waals surface area contributed by atoms with Crippen molar-refractivity contribution in [2.75, 3.05) is 17.3 Å². The molecule has 4 heterocycles. The van der Waals surface area contributed by atoms with Crippen LogP contribution in [0.2, 0.25) is 0 Å². The van der Waals surface area contributed by atoms with Crippen molar-refractivity contribution in [3.05, 3.63) is 78.5 Å². The van der Waals surface area contributed by atoms with Crippen molar-refractivity contribution in [3.63, 3.8) is 0 Å². The number of nitrogens with zero attached hydrogens (tertiary/aromatic N) is 4. The Morgan fingerprint density at radius 3 is 2.64 bits per heavy atom. The lowest BCUT2D eigenvalue weighted by atomic mass is 10.0. The fourth-order valence-corrected chi connectivity index (χ4v) is 6.57. The summed E-state index contributed by atoms with van der Waals surface area (Å²) in [6, 6.07) is 14.1. The minimum atomic E-state index is -3.20. The SMILES string of the molecule is CS(=O)(=O)CCc1cc(F)cc(-c2nccc3[nH]c(-c4n[nH]c5ccc(-c6cncc(NC(=O)C7CCCC7)c6)cc45)nc23)c1. The molecule has 1 aliphatic carbocycles. The van der Waals surface area contributed by atoms with Crippen LogP contribution < -0.4 is 5.32 Å². The number of aromatic amines is 2. The number of pyridine rings is 2. The third-order valence-corrected chi connectivity index (χ3v) is 9.19. The first-order valence-electron chi connectivity index (χ1n) is 14.8. The number of benzene rings is 2. The van der Waals surface area contributed by atoms with Gasteiger partial charge < -0.3 is 10.3 Å². The van der Waals surface area contributed by atoms with Crippen LogP contribution in [-0.4, -0.2) is 56.5 Å². The molecule has 7 rings (SSSR count). The Morgan fingerprint density at radius 2 is 1.82 bits per heavy atom. The molecular weight excluding hydrogens is 593 g/mol. The minimum Gasteiger partial charge on any atom is -0.336 e. The monoisotopic (exact) mass is 623 g/mol. The molecule has 0 spiro atoms. The van der Waals surface area contributed by atoms with Gasteiger partial charge in [-0.25, -0.2) is 17.8 Å². The molecule has 1 aliphatic rings. The van der Waals surface area contributed by atoms with E-state index in [1.54, 1.807) is 30.7 Å². The first kappa shape index (κ1) is 28.8. The van der Waals surface area contributed by atoms with Gasteiger partial charge in [-0.3, -0.25) is 19.9 Å². The quantitative estimate of drug-likeness (QED) is 0.186. The van der Waals surface area contributed by atoms with Gasteiger partial charge in [-0.15, -0.1) is 0 Å². The van der Waals surface area contributed by atoms with Crippen LogP contribution in [0.4, 0.5) is 10.1 Å². The van der Waals surface area contributed by atoms with Crippen LogP contribution in [-0.2, 0) is 21.1 Å². The van der Waals surface area contributed by atoms with Crippen molar-refractivity contribution in [3.8, 4) is 33.9 Å². The van der Waals surface area contributed by atoms with Gasteiger partial charge in [-0.05, 0) is 72.9 Å². The molecule has 45 heavy (non-hydrogen) atoms. The summed E-state index contributed by atoms with van der Waals surface area (Å²) in [6.07, 6.45) is 10.4. The Labute approximate surface area is 258 Å². The zero-order valence-corrected chi connectivity index (χ0v) is 25.3. The second kappa shape index (κ2) is 11.5. The van der Waals surface area contributed by atoms with Gasteiger partial charge in [-0.2, -0.15) is 5.10 Å². The second-order valence-corrected chi connectivity index (χ2v) is 13.9. The number of aromatic nitrogens is 6. The topological polar surface area (TPSA) is 146 Å². The number of fused-ring (bicyclic) bond motifs is 2. The Morgan fingerprint density at radius 1 is 0.978 bits per heavy atom. The molecule has 3 N–H and O–H groups in total. The van der Waals surface area contributed by atoms with Crippen LogP contribution in [0.5, 0.6) is 0 Å². The zero-order valence-electron chi connectivity index (χ0n) is 24.5. The van der Waals surface area contributed by atoms with E-state index in [4.69, 9.17) is 4.98 Å². The molecule has 1 fully saturated rings. The fourth-order valence-electron chi connectivity index (χ4n) is 5.97. The summed E-state index contributed by atoms with van der Waals surface area (Å²) >= 11 is 0. The van der Waals surface area contributed by atoms with Crippen LogP contribution in [0.25, 0.3) is 55.8 Å². The van der Waals surface area contributed by atoms with E-state index in [-0.39, 0.29) is 24.0 Å². The molecule has 0 radical (unpaired) electrons. The molecule has 0 atom stereocenters. The molecule has 4 aromatic heterocycles. The molecule has 1 amide bonds. The summed E-state index contributed by atoms with van der Waals surface area (Å²) in [5, 5.41) is 11.5. The van der Waals surface area contributed by atoms with Crippen LogP contribution >= 0.6 is 0 Å². The van der Waals surface area contributed by atoms with Crippen LogP contribution in [0.15, 0.2) is 67.1 Å². The maximum absolute atomic E-state index is 14.6. The normalized spacial score (nSPS) is 14.0. The van der Waals surface area contributed by atoms with Crippen molar-refractivity contribution in [1.82, 2.24) is 30.1 Å². The van der Waals surface area contributed by atoms with Crippen molar-refractivity contribution >= 4 is 43.4 Å². The molecule has 0 aliphatic heterocycles. The van der Waals surface area contributed by atoms with Gasteiger partial charge in [0.05, 0.1) is 34.4 Å². The number of carbonyl (C=O) groups is 1. The Balaban J connectivity index is 1.22. The van der Waals surface area contributed by atoms with Crippen molar-refractivity contribution in [2.24, 2.45) is 5.92 Å². The average molecular weight is 624 g/mol. The number of halogens is 1. The van der Waals surface area contributed by atoms with Gasteiger partial charge in [0.25, 0.3) is 0 Å². The fraction of sp³-hybridized carbons (Fsp3) is 0.242. The summed E-state index contributed by atoms with van der Waals surface area (Å²) < 4.78 is 38.0. The molecule has 228 valence electrons. The smallest absolute Gasteiger partial charge is 0.227 e. The van der Waals surface area contributed by atoms with E-state index in [1.807, 2.05) is 24.3 Å². The minimum absolute atomic E-state index is 0.0427. The summed E-state index contributed by atoms with van der Waals surface area (Å²) in [7, 11) is -3.20. The molecule has 12 heteroatoms. The number of rotatable bonds is 8. The molecule has 0 bridgehead atoms. The number of carbonyl (C=O) groups excluding carboxylic acids is 1. The number of nitrogens with one attached hydrogen (secondary N) is 3. The van der Waals surface area contributed by atoms with Gasteiger partial charge in [0.1, 0.15) is 26.9 Å². The van der Waals surface area contributed by atoms with Crippen LogP contribution in [0.1, 0.15) is 31.2 Å². The number of hydrogen-bond acceptors (Lipinski definition) is 7. The Kier molecular flexibility index (Phi) is 7.36. The van der Waals surface area contributed by atoms with Gasteiger partial charge in [0.15, 0.2) is 5.82 Å². The molecule has 0 unspecified atom stereocenters. The highest BCUT2D eigenvalue weighted by molar-refractivity contribution is 7.90. The van der Waals surface area contributed by atoms with E-state index < -0.39 is 15.7 Å². The third kappa shape index (κ3) is 6.05. The lowest BCUT2D eigenvalue weighted by molar-refractivity contribution is -0.119. The zero-order chi connectivity index (χ0) is 31.1. The first-order valence-corrected chi connectivity index (χ1v) is 16.8. The number of hydrogen-bond donors (Lipinski definition) is 3. The van der Waals surface area contributed by atoms with E-state index >= 15 is 0 Å². The first-order chi connectivity index (χ1) is 21.7. The average Bonchev–Trinajstić information content (AvgIpc) is 3.79. The van der Waals surface area contributed by atoms with E-state index in [0.717, 1.165) is 54.0 Å². The highest BCUT2D eigenvalue weighted by Gasteiger charge is 2.23. The van der Waals surface area contributed by atoms with E-state index in [2.05, 4.69) is 30.5 Å². The summed E-state index contributed by atoms with van der Waals surface area (Å²) in [5.74, 6) is 0.0473. The van der Waals surface area contributed by atoms with Crippen LogP contribution in [0, 0.1) is 11.7 Å². The standard InChI is InChI=1S/C33H30FN7O3S/c1-45(43,44)11-9-19-12-22(14-24(34)13-19)29-31-28(8-10-36-29)38-32(39-31)30-26-16-21(6-7-27(26)40-41-30)23-15-25(18-35-17-23)37-33(42)20-4-2-3-5-20/h6-8,10,12-18,20H,2-5,9,11H2,1H3,(H,37,42)(H,38,39)(H,40,41). The largest absolute Gasteiger partial charge is 0.336 e. The highest BCUT2D eigenvalue weighted by Crippen LogP contribution is 2.33. The lowest BCUT2D eigenvalue weighted by Crippen LogP contribution is -2.20. The molecular formula is C33H30FN7O3S. The maximum Gasteiger partial charge on any atom is 0.227 e. The molecule has 0 saturated heterocycles. The lowest BCUT2D eigenvalue weighted by Gasteiger charge is -2.11. The number of imidazole rings is 1. The summed E-state index contributed by atoms with van der Waals surface area (Å²) in [4.78, 5) is 29.7. The second-order valence-electron chi connectivity index (χ2n) is 11.6. The van der Waals surface area contributed by atoms with Crippen molar-refractivity contribution < 1.29 is 17.6 Å². The molecule has 6 aromatic rings. The van der Waals surface area contributed by atoms with E-state index in [1.165, 1.54) is 12.1 Å².